The van der Waals surface area contributed by atoms with Crippen LogP contribution >= 0.6 is 27.3 Å². The van der Waals surface area contributed by atoms with Crippen molar-refractivity contribution in [2.75, 3.05) is 0 Å². The van der Waals surface area contributed by atoms with E-state index in [2.05, 4.69) is 28.2 Å². The third-order valence-corrected chi connectivity index (χ3v) is 1.04. The predicted octanol–water partition coefficient (Wildman–Crippen LogP) is 1.20. The fourth-order valence-corrected chi connectivity index (χ4v) is 0.900. The van der Waals surface area contributed by atoms with Gasteiger partial charge in [0, 0.05) is 49.4 Å². The van der Waals surface area contributed by atoms with E-state index in [0.29, 0.717) is 0 Å². The second-order valence-electron chi connectivity index (χ2n) is 0.345. The molecular formula is H5EuN2P3. The Morgan fingerprint density at radius 2 is 2.17 bits per heavy atom. The van der Waals surface area contributed by atoms with E-state index in [1.807, 2.05) is 0 Å². The van der Waals surface area contributed by atoms with Gasteiger partial charge in [-0.25, -0.2) is 9.37 Å². The Balaban J connectivity index is 0. The van der Waals surface area contributed by atoms with Crippen molar-refractivity contribution in [2.24, 2.45) is 4.52 Å². The maximum Gasteiger partial charge on any atom is 0.0973 e. The first-order valence-electron chi connectivity index (χ1n) is 0.970. The van der Waals surface area contributed by atoms with Gasteiger partial charge in [-0.15, -0.1) is 0 Å². The summed E-state index contributed by atoms with van der Waals surface area (Å²) in [7, 11) is 5.45. The Bertz CT molecular complexity index is 35.8. The monoisotopic (exact) mass is 279 g/mol. The zero-order valence-electron chi connectivity index (χ0n) is 2.93. The molecule has 2 unspecified atom stereocenters. The molecule has 37 valence electrons. The van der Waals surface area contributed by atoms with E-state index in [1.165, 1.54) is 0 Å². The summed E-state index contributed by atoms with van der Waals surface area (Å²) in [6.45, 7) is 0. The molecular weight excluding hydrogens is 273 g/mol. The van der Waals surface area contributed by atoms with Crippen LogP contribution in [-0.2, 0) is 0 Å². The molecule has 0 spiro atoms. The van der Waals surface area contributed by atoms with Crippen LogP contribution in [0, 0.1) is 49.4 Å². The van der Waals surface area contributed by atoms with Gasteiger partial charge in [0.2, 0.25) is 0 Å². The van der Waals surface area contributed by atoms with Crippen LogP contribution < -0.4 is 4.86 Å². The molecule has 0 aromatic heterocycles. The quantitative estimate of drug-likeness (QED) is 0.716. The Labute approximate surface area is 84.6 Å². The first kappa shape index (κ1) is 11.3. The summed E-state index contributed by atoms with van der Waals surface area (Å²) in [5.41, 5.74) is 0. The zero-order chi connectivity index (χ0) is 4.12. The second-order valence-corrected chi connectivity index (χ2v) is 2.50. The average Bonchev–Trinajstić information content (AvgIpc) is 1.41. The molecule has 0 bridgehead atoms. The van der Waals surface area contributed by atoms with Crippen molar-refractivity contribution in [3.63, 3.8) is 0 Å². The fraction of sp³-hybridized carbons (Fsp3) is 0. The molecule has 6 heteroatoms. The van der Waals surface area contributed by atoms with E-state index in [4.69, 9.17) is 0 Å². The SMILES string of the molecule is PN=PNP.[Eu]. The molecule has 0 aromatic rings. The maximum absolute atomic E-state index is 3.61. The average molecular weight is 278 g/mol. The molecule has 0 aliphatic carbocycles. The molecule has 2 nitrogen and oxygen atoms in total. The van der Waals surface area contributed by atoms with Gasteiger partial charge in [0.15, 0.2) is 0 Å². The molecule has 1 radical (unpaired) electrons. The molecule has 2 atom stereocenters. The van der Waals surface area contributed by atoms with E-state index in [9.17, 15) is 0 Å². The molecule has 0 saturated heterocycles. The van der Waals surface area contributed by atoms with Crippen molar-refractivity contribution in [3.05, 3.63) is 0 Å². The van der Waals surface area contributed by atoms with Crippen LogP contribution in [0.4, 0.5) is 0 Å². The van der Waals surface area contributed by atoms with Crippen LogP contribution in [0.25, 0.3) is 0 Å². The van der Waals surface area contributed by atoms with Gasteiger partial charge in [0.05, 0.1) is 8.52 Å². The molecule has 0 aromatic carbocycles. The minimum atomic E-state index is 0. The summed E-state index contributed by atoms with van der Waals surface area (Å²) in [5, 5.41) is 0. The van der Waals surface area contributed by atoms with Crippen LogP contribution in [0.5, 0.6) is 0 Å². The van der Waals surface area contributed by atoms with Gasteiger partial charge in [-0.2, -0.15) is 0 Å². The number of nitrogens with zero attached hydrogens (tertiary/aromatic N) is 1. The van der Waals surface area contributed by atoms with Gasteiger partial charge in [-0.05, 0) is 9.39 Å². The van der Waals surface area contributed by atoms with Gasteiger partial charge < -0.3 is 0 Å². The summed E-state index contributed by atoms with van der Waals surface area (Å²) in [6.07, 6.45) is 0. The standard InChI is InChI=1S/Eu.H5N2P3/c;3-1-5-2-4/h;3-4H2,(H,1,2). The van der Waals surface area contributed by atoms with Crippen molar-refractivity contribution in [2.45, 2.75) is 0 Å². The van der Waals surface area contributed by atoms with Gasteiger partial charge in [-0.1, -0.05) is 9.39 Å². The first-order chi connectivity index (χ1) is 2.41. The normalized spacial score (nSPS) is 8.33. The summed E-state index contributed by atoms with van der Waals surface area (Å²) < 4.78 is 3.61. The number of nitrogens with one attached hydrogen (secondary N) is 1. The van der Waals surface area contributed by atoms with Crippen LogP contribution in [0.3, 0.4) is 0 Å². The Morgan fingerprint density at radius 3 is 2.17 bits per heavy atom. The van der Waals surface area contributed by atoms with Crippen LogP contribution in [0.2, 0.25) is 0 Å². The third kappa shape index (κ3) is 9.71. The van der Waals surface area contributed by atoms with E-state index in [1.54, 1.807) is 0 Å². The summed E-state index contributed by atoms with van der Waals surface area (Å²) in [6, 6.07) is 0. The molecule has 0 fully saturated rings. The molecule has 0 amide bonds. The minimum absolute atomic E-state index is 0. The summed E-state index contributed by atoms with van der Waals surface area (Å²) in [5.74, 6) is 0. The van der Waals surface area contributed by atoms with Crippen molar-refractivity contribution in [1.82, 2.24) is 4.86 Å². The maximum atomic E-state index is 3.61. The molecule has 0 saturated carbocycles. The zero-order valence-corrected chi connectivity index (χ0v) is 8.56. The smallest absolute Gasteiger partial charge is 0.0973 e. The van der Waals surface area contributed by atoms with E-state index in [-0.39, 0.29) is 49.4 Å². The van der Waals surface area contributed by atoms with Crippen molar-refractivity contribution >= 4 is 27.3 Å². The summed E-state index contributed by atoms with van der Waals surface area (Å²) in [4.78, 5) is 2.72. The third-order valence-electron chi connectivity index (χ3n) is 0.115. The second kappa shape index (κ2) is 10.5. The first-order valence-corrected chi connectivity index (χ1v) is 2.91. The Kier molecular flexibility index (Phi) is 19.8. The van der Waals surface area contributed by atoms with Crippen LogP contribution in [0.15, 0.2) is 4.52 Å². The van der Waals surface area contributed by atoms with Crippen LogP contribution in [-0.4, -0.2) is 0 Å². The van der Waals surface area contributed by atoms with Gasteiger partial charge in [0.1, 0.15) is 0 Å². The van der Waals surface area contributed by atoms with Crippen LogP contribution in [0.1, 0.15) is 0 Å². The molecule has 6 heavy (non-hydrogen) atoms. The number of hydrogen-bond donors (Lipinski definition) is 1. The minimum Gasteiger partial charge on any atom is -0.239 e. The molecule has 0 rings (SSSR count). The molecule has 0 aliphatic rings. The van der Waals surface area contributed by atoms with Gasteiger partial charge >= 0.3 is 0 Å². The van der Waals surface area contributed by atoms with Crippen molar-refractivity contribution < 1.29 is 49.4 Å². The fourth-order valence-electron chi connectivity index (χ4n) is 0.0333. The van der Waals surface area contributed by atoms with Gasteiger partial charge in [-0.3, -0.25) is 0 Å². The number of rotatable bonds is 1. The number of hydrogen-bond acceptors (Lipinski definition) is 1. The molecule has 0 heterocycles. The summed E-state index contributed by atoms with van der Waals surface area (Å²) >= 11 is 0. The molecule has 1 N–H and O–H groups in total. The Hall–Kier alpha value is 2.50. The van der Waals surface area contributed by atoms with Crippen molar-refractivity contribution in [3.8, 4) is 0 Å². The Morgan fingerprint density at radius 1 is 1.67 bits per heavy atom. The predicted molar refractivity (Wildman–Crippen MR) is 31.9 cm³/mol. The van der Waals surface area contributed by atoms with E-state index >= 15 is 0 Å². The largest absolute Gasteiger partial charge is 0.239 e. The van der Waals surface area contributed by atoms with E-state index in [0.717, 1.165) is 8.52 Å². The topological polar surface area (TPSA) is 24.4 Å². The molecule has 0 aliphatic heterocycles. The van der Waals surface area contributed by atoms with Gasteiger partial charge in [0.25, 0.3) is 0 Å². The van der Waals surface area contributed by atoms with E-state index < -0.39 is 0 Å². The van der Waals surface area contributed by atoms with Crippen molar-refractivity contribution in [1.29, 1.82) is 0 Å².